The summed E-state index contributed by atoms with van der Waals surface area (Å²) in [5.74, 6) is 0. The van der Waals surface area contributed by atoms with E-state index in [2.05, 4.69) is 46.0 Å². The largest absolute Gasteiger partial charge is 0.369 e. The van der Waals surface area contributed by atoms with Crippen molar-refractivity contribution >= 4 is 28.6 Å². The van der Waals surface area contributed by atoms with Crippen LogP contribution in [0, 0.1) is 6.92 Å². The van der Waals surface area contributed by atoms with Crippen LogP contribution in [0.25, 0.3) is 0 Å². The van der Waals surface area contributed by atoms with Crippen molar-refractivity contribution in [3.8, 4) is 0 Å². The van der Waals surface area contributed by atoms with Crippen molar-refractivity contribution in [2.45, 2.75) is 13.5 Å². The number of aromatic nitrogens is 1. The molecule has 0 saturated carbocycles. The van der Waals surface area contributed by atoms with E-state index in [1.807, 2.05) is 6.20 Å². The van der Waals surface area contributed by atoms with E-state index in [0.29, 0.717) is 4.47 Å². The Kier molecular flexibility index (Phi) is 4.24. The van der Waals surface area contributed by atoms with E-state index in [-0.39, 0.29) is 0 Å². The zero-order chi connectivity index (χ0) is 13.9. The van der Waals surface area contributed by atoms with Gasteiger partial charge < -0.3 is 4.90 Å². The minimum Gasteiger partial charge on any atom is -0.369 e. The predicted octanol–water partition coefficient (Wildman–Crippen LogP) is 3.43. The SMILES string of the molecule is Cc1cccc(N2CCN(Cc3cnc(Cl)s3)CC2)c1. The summed E-state index contributed by atoms with van der Waals surface area (Å²) in [7, 11) is 0. The highest BCUT2D eigenvalue weighted by molar-refractivity contribution is 7.15. The van der Waals surface area contributed by atoms with E-state index in [4.69, 9.17) is 11.6 Å². The average molecular weight is 308 g/mol. The number of benzene rings is 1. The second-order valence-electron chi connectivity index (χ2n) is 5.18. The van der Waals surface area contributed by atoms with Crippen molar-refractivity contribution in [2.75, 3.05) is 31.1 Å². The van der Waals surface area contributed by atoms with Crippen molar-refractivity contribution < 1.29 is 0 Å². The molecule has 3 nitrogen and oxygen atoms in total. The first-order valence-corrected chi connectivity index (χ1v) is 8.04. The molecule has 20 heavy (non-hydrogen) atoms. The maximum atomic E-state index is 5.88. The van der Waals surface area contributed by atoms with E-state index < -0.39 is 0 Å². The fourth-order valence-corrected chi connectivity index (χ4v) is 3.59. The first-order valence-electron chi connectivity index (χ1n) is 6.85. The Morgan fingerprint density at radius 2 is 2.05 bits per heavy atom. The summed E-state index contributed by atoms with van der Waals surface area (Å²) in [6.07, 6.45) is 1.89. The fraction of sp³-hybridized carbons (Fsp3) is 0.400. The molecule has 1 aromatic carbocycles. The summed E-state index contributed by atoms with van der Waals surface area (Å²) in [4.78, 5) is 10.3. The topological polar surface area (TPSA) is 19.4 Å². The molecule has 3 rings (SSSR count). The molecule has 0 atom stereocenters. The van der Waals surface area contributed by atoms with E-state index in [1.165, 1.54) is 16.1 Å². The van der Waals surface area contributed by atoms with Gasteiger partial charge in [-0.3, -0.25) is 4.90 Å². The number of anilines is 1. The number of nitrogens with zero attached hydrogens (tertiary/aromatic N) is 3. The van der Waals surface area contributed by atoms with E-state index >= 15 is 0 Å². The van der Waals surface area contributed by atoms with E-state index in [1.54, 1.807) is 11.3 Å². The maximum absolute atomic E-state index is 5.88. The molecule has 1 aromatic heterocycles. The lowest BCUT2D eigenvalue weighted by atomic mass is 10.2. The van der Waals surface area contributed by atoms with Gasteiger partial charge >= 0.3 is 0 Å². The summed E-state index contributed by atoms with van der Waals surface area (Å²) in [6, 6.07) is 8.74. The van der Waals surface area contributed by atoms with E-state index in [9.17, 15) is 0 Å². The standard InChI is InChI=1S/C15H18ClN3S/c1-12-3-2-4-13(9-12)19-7-5-18(6-8-19)11-14-10-17-15(16)20-14/h2-4,9-10H,5-8,11H2,1H3. The molecule has 106 valence electrons. The summed E-state index contributed by atoms with van der Waals surface area (Å²) in [5.41, 5.74) is 2.66. The highest BCUT2D eigenvalue weighted by Crippen LogP contribution is 2.21. The van der Waals surface area contributed by atoms with Gasteiger partial charge in [-0.2, -0.15) is 0 Å². The Balaban J connectivity index is 1.57. The number of hydrogen-bond acceptors (Lipinski definition) is 4. The minimum absolute atomic E-state index is 0.637. The molecular weight excluding hydrogens is 290 g/mol. The molecule has 0 bridgehead atoms. The van der Waals surface area contributed by atoms with Gasteiger partial charge in [-0.1, -0.05) is 23.7 Å². The highest BCUT2D eigenvalue weighted by atomic mass is 35.5. The molecule has 0 amide bonds. The van der Waals surface area contributed by atoms with Crippen LogP contribution in [0.4, 0.5) is 5.69 Å². The third-order valence-corrected chi connectivity index (χ3v) is 4.74. The average Bonchev–Trinajstić information content (AvgIpc) is 2.85. The molecule has 0 radical (unpaired) electrons. The van der Waals surface area contributed by atoms with Gasteiger partial charge in [-0.25, -0.2) is 4.98 Å². The minimum atomic E-state index is 0.637. The van der Waals surface area contributed by atoms with Crippen LogP contribution in [-0.2, 0) is 6.54 Å². The van der Waals surface area contributed by atoms with Crippen molar-refractivity contribution in [3.05, 3.63) is 45.4 Å². The third kappa shape index (κ3) is 3.32. The Morgan fingerprint density at radius 1 is 1.25 bits per heavy atom. The second-order valence-corrected chi connectivity index (χ2v) is 6.88. The number of thiazole rings is 1. The zero-order valence-electron chi connectivity index (χ0n) is 11.6. The fourth-order valence-electron chi connectivity index (χ4n) is 2.57. The molecule has 1 fully saturated rings. The summed E-state index contributed by atoms with van der Waals surface area (Å²) in [6.45, 7) is 7.44. The van der Waals surface area contributed by atoms with Crippen LogP contribution in [0.3, 0.4) is 0 Å². The van der Waals surface area contributed by atoms with E-state index in [0.717, 1.165) is 32.7 Å². The van der Waals surface area contributed by atoms with Crippen LogP contribution in [0.2, 0.25) is 4.47 Å². The van der Waals surface area contributed by atoms with Crippen molar-refractivity contribution in [2.24, 2.45) is 0 Å². The molecule has 0 aliphatic carbocycles. The summed E-state index contributed by atoms with van der Waals surface area (Å²) >= 11 is 7.46. The van der Waals surface area contributed by atoms with Crippen molar-refractivity contribution in [1.82, 2.24) is 9.88 Å². The molecular formula is C15H18ClN3S. The first kappa shape index (κ1) is 13.9. The predicted molar refractivity (Wildman–Crippen MR) is 85.8 cm³/mol. The number of piperazine rings is 1. The van der Waals surface area contributed by atoms with Crippen molar-refractivity contribution in [3.63, 3.8) is 0 Å². The molecule has 0 spiro atoms. The monoisotopic (exact) mass is 307 g/mol. The Bertz CT molecular complexity index is 576. The van der Waals surface area contributed by atoms with Gasteiger partial charge in [0, 0.05) is 49.5 Å². The summed E-state index contributed by atoms with van der Waals surface area (Å²) in [5, 5.41) is 0. The molecule has 2 aromatic rings. The van der Waals surface area contributed by atoms with Crippen LogP contribution in [0.1, 0.15) is 10.4 Å². The van der Waals surface area contributed by atoms with Gasteiger partial charge in [0.05, 0.1) is 0 Å². The zero-order valence-corrected chi connectivity index (χ0v) is 13.1. The van der Waals surface area contributed by atoms with Gasteiger partial charge in [0.1, 0.15) is 0 Å². The molecule has 0 unspecified atom stereocenters. The Hall–Kier alpha value is -1.10. The molecule has 1 saturated heterocycles. The first-order chi connectivity index (χ1) is 9.70. The lowest BCUT2D eigenvalue weighted by Gasteiger charge is -2.36. The number of aryl methyl sites for hydroxylation is 1. The quantitative estimate of drug-likeness (QED) is 0.866. The van der Waals surface area contributed by atoms with Gasteiger partial charge in [0.25, 0.3) is 0 Å². The Morgan fingerprint density at radius 3 is 2.70 bits per heavy atom. The normalized spacial score (nSPS) is 16.6. The summed E-state index contributed by atoms with van der Waals surface area (Å²) < 4.78 is 0.637. The van der Waals surface area contributed by atoms with Gasteiger partial charge in [-0.15, -0.1) is 11.3 Å². The van der Waals surface area contributed by atoms with Gasteiger partial charge in [0.2, 0.25) is 0 Å². The van der Waals surface area contributed by atoms with Crippen LogP contribution < -0.4 is 4.90 Å². The highest BCUT2D eigenvalue weighted by Gasteiger charge is 2.18. The van der Waals surface area contributed by atoms with Crippen LogP contribution in [0.5, 0.6) is 0 Å². The molecule has 1 aliphatic heterocycles. The number of hydrogen-bond donors (Lipinski definition) is 0. The second kappa shape index (κ2) is 6.12. The molecule has 1 aliphatic rings. The smallest absolute Gasteiger partial charge is 0.183 e. The lowest BCUT2D eigenvalue weighted by Crippen LogP contribution is -2.45. The van der Waals surface area contributed by atoms with Crippen LogP contribution >= 0.6 is 22.9 Å². The lowest BCUT2D eigenvalue weighted by molar-refractivity contribution is 0.252. The number of halogens is 1. The maximum Gasteiger partial charge on any atom is 0.183 e. The van der Waals surface area contributed by atoms with Crippen LogP contribution in [-0.4, -0.2) is 36.1 Å². The van der Waals surface area contributed by atoms with Gasteiger partial charge in [0.15, 0.2) is 4.47 Å². The van der Waals surface area contributed by atoms with Crippen LogP contribution in [0.15, 0.2) is 30.5 Å². The molecule has 5 heteroatoms. The molecule has 0 N–H and O–H groups in total. The van der Waals surface area contributed by atoms with Gasteiger partial charge in [-0.05, 0) is 24.6 Å². The molecule has 2 heterocycles. The Labute approximate surface area is 128 Å². The van der Waals surface area contributed by atoms with Crippen molar-refractivity contribution in [1.29, 1.82) is 0 Å². The third-order valence-electron chi connectivity index (χ3n) is 3.64. The number of rotatable bonds is 3.